The van der Waals surface area contributed by atoms with Crippen molar-refractivity contribution < 1.29 is 18.0 Å². The molecule has 9 heteroatoms. The Kier molecular flexibility index (Phi) is 9.81. The van der Waals surface area contributed by atoms with E-state index in [0.29, 0.717) is 5.02 Å². The van der Waals surface area contributed by atoms with E-state index in [2.05, 4.69) is 5.32 Å². The highest BCUT2D eigenvalue weighted by atomic mass is 35.5. The molecule has 7 nitrogen and oxygen atoms in total. The third-order valence-corrected chi connectivity index (χ3v) is 8.72. The smallest absolute Gasteiger partial charge is 0.264 e. The molecule has 0 fully saturated rings. The number of halogens is 1. The number of aryl methyl sites for hydroxylation is 1. The molecule has 4 aromatic rings. The van der Waals surface area contributed by atoms with E-state index >= 15 is 0 Å². The predicted octanol–water partition coefficient (Wildman–Crippen LogP) is 5.23. The first kappa shape index (κ1) is 29.8. The van der Waals surface area contributed by atoms with Crippen LogP contribution in [0.3, 0.4) is 0 Å². The van der Waals surface area contributed by atoms with Gasteiger partial charge in [-0.2, -0.15) is 0 Å². The summed E-state index contributed by atoms with van der Waals surface area (Å²) in [6.45, 7) is 1.54. The second-order valence-corrected chi connectivity index (χ2v) is 11.9. The molecular weight excluding hydrogens is 558 g/mol. The number of hydrogen-bond donors (Lipinski definition) is 1. The Labute approximate surface area is 246 Å². The molecule has 0 radical (unpaired) electrons. The zero-order chi connectivity index (χ0) is 29.4. The zero-order valence-corrected chi connectivity index (χ0v) is 24.5. The summed E-state index contributed by atoms with van der Waals surface area (Å²) >= 11 is 6.09. The molecule has 0 spiro atoms. The maximum atomic E-state index is 14.2. The van der Waals surface area contributed by atoms with Crippen LogP contribution in [0.15, 0.2) is 114 Å². The summed E-state index contributed by atoms with van der Waals surface area (Å²) in [5.74, 6) is -0.871. The van der Waals surface area contributed by atoms with Gasteiger partial charge in [-0.1, -0.05) is 90.0 Å². The van der Waals surface area contributed by atoms with Crippen LogP contribution in [-0.4, -0.2) is 44.8 Å². The minimum absolute atomic E-state index is 0.0418. The van der Waals surface area contributed by atoms with Gasteiger partial charge in [-0.15, -0.1) is 0 Å². The number of nitrogens with one attached hydrogen (secondary N) is 1. The van der Waals surface area contributed by atoms with Crippen LogP contribution in [0.25, 0.3) is 0 Å². The molecule has 0 aliphatic heterocycles. The first-order chi connectivity index (χ1) is 19.7. The van der Waals surface area contributed by atoms with Crippen LogP contribution in [0, 0.1) is 6.92 Å². The quantitative estimate of drug-likeness (QED) is 0.260. The Morgan fingerprint density at radius 1 is 0.829 bits per heavy atom. The van der Waals surface area contributed by atoms with Crippen LogP contribution in [0.1, 0.15) is 16.7 Å². The Hall–Kier alpha value is -4.14. The van der Waals surface area contributed by atoms with Gasteiger partial charge >= 0.3 is 0 Å². The molecular formula is C32H32ClN3O4S. The molecule has 0 heterocycles. The van der Waals surface area contributed by atoms with Crippen LogP contribution < -0.4 is 9.62 Å². The molecule has 0 aliphatic rings. The standard InChI is InChI=1S/C32H32ClN3O4S/c1-24-10-9-13-26(20-24)22-35(30(32(38)34-2)21-25-11-5-3-6-12-25)31(37)23-36(28-18-16-27(33)17-19-28)41(39,40)29-14-7-4-8-15-29/h3-20,30H,21-23H2,1-2H3,(H,34,38)/t30-/m1/s1. The lowest BCUT2D eigenvalue weighted by atomic mass is 10.0. The van der Waals surface area contributed by atoms with Gasteiger partial charge in [-0.25, -0.2) is 8.42 Å². The Bertz CT molecular complexity index is 1580. The van der Waals surface area contributed by atoms with Crippen molar-refractivity contribution in [3.05, 3.63) is 131 Å². The number of nitrogens with zero attached hydrogens (tertiary/aromatic N) is 2. The maximum absolute atomic E-state index is 14.2. The van der Waals surface area contributed by atoms with Crippen molar-refractivity contribution in [1.29, 1.82) is 0 Å². The number of amides is 2. The Morgan fingerprint density at radius 3 is 2.05 bits per heavy atom. The molecule has 0 unspecified atom stereocenters. The molecule has 2 amide bonds. The SMILES string of the molecule is CNC(=O)[C@@H](Cc1ccccc1)N(Cc1cccc(C)c1)C(=O)CN(c1ccc(Cl)cc1)S(=O)(=O)c1ccccc1. The van der Waals surface area contributed by atoms with Crippen molar-refractivity contribution in [2.45, 2.75) is 30.8 Å². The summed E-state index contributed by atoms with van der Waals surface area (Å²) in [6.07, 6.45) is 0.254. The van der Waals surface area contributed by atoms with Crippen LogP contribution in [0.4, 0.5) is 5.69 Å². The minimum Gasteiger partial charge on any atom is -0.357 e. The fourth-order valence-corrected chi connectivity index (χ4v) is 6.14. The van der Waals surface area contributed by atoms with E-state index in [1.54, 1.807) is 42.5 Å². The molecule has 41 heavy (non-hydrogen) atoms. The van der Waals surface area contributed by atoms with Crippen LogP contribution in [0.5, 0.6) is 0 Å². The number of rotatable bonds is 11. The predicted molar refractivity (Wildman–Crippen MR) is 162 cm³/mol. The number of carbonyl (C=O) groups is 2. The van der Waals surface area contributed by atoms with E-state index in [-0.39, 0.29) is 29.5 Å². The molecule has 1 atom stereocenters. The lowest BCUT2D eigenvalue weighted by Gasteiger charge is -2.33. The van der Waals surface area contributed by atoms with E-state index < -0.39 is 28.5 Å². The van der Waals surface area contributed by atoms with Gasteiger partial charge in [0, 0.05) is 25.0 Å². The van der Waals surface area contributed by atoms with Crippen molar-refractivity contribution in [3.8, 4) is 0 Å². The summed E-state index contributed by atoms with van der Waals surface area (Å²) in [5.41, 5.74) is 2.98. The largest absolute Gasteiger partial charge is 0.357 e. The third-order valence-electron chi connectivity index (χ3n) is 6.68. The minimum atomic E-state index is -4.14. The fraction of sp³-hybridized carbons (Fsp3) is 0.188. The third kappa shape index (κ3) is 7.54. The molecule has 0 saturated heterocycles. The average Bonchev–Trinajstić information content (AvgIpc) is 2.98. The number of benzene rings is 4. The molecule has 1 N–H and O–H groups in total. The van der Waals surface area contributed by atoms with E-state index in [9.17, 15) is 18.0 Å². The first-order valence-electron chi connectivity index (χ1n) is 13.1. The Morgan fingerprint density at radius 2 is 1.44 bits per heavy atom. The van der Waals surface area contributed by atoms with E-state index in [0.717, 1.165) is 21.0 Å². The van der Waals surface area contributed by atoms with Crippen molar-refractivity contribution in [3.63, 3.8) is 0 Å². The normalized spacial score (nSPS) is 11.9. The van der Waals surface area contributed by atoms with E-state index in [1.165, 1.54) is 24.1 Å². The highest BCUT2D eigenvalue weighted by Crippen LogP contribution is 2.26. The number of sulfonamides is 1. The van der Waals surface area contributed by atoms with Crippen molar-refractivity contribution in [2.75, 3.05) is 17.9 Å². The summed E-state index contributed by atoms with van der Waals surface area (Å²) in [7, 11) is -2.62. The highest BCUT2D eigenvalue weighted by Gasteiger charge is 2.34. The van der Waals surface area contributed by atoms with Crippen LogP contribution in [0.2, 0.25) is 5.02 Å². The molecule has 0 saturated carbocycles. The van der Waals surface area contributed by atoms with Crippen molar-refractivity contribution in [1.82, 2.24) is 10.2 Å². The second kappa shape index (κ2) is 13.5. The number of carbonyl (C=O) groups excluding carboxylic acids is 2. The van der Waals surface area contributed by atoms with Gasteiger partial charge in [0.1, 0.15) is 12.6 Å². The van der Waals surface area contributed by atoms with Crippen molar-refractivity contribution in [2.24, 2.45) is 0 Å². The van der Waals surface area contributed by atoms with Gasteiger partial charge in [-0.05, 0) is 54.4 Å². The topological polar surface area (TPSA) is 86.8 Å². The monoisotopic (exact) mass is 589 g/mol. The molecule has 0 bridgehead atoms. The highest BCUT2D eigenvalue weighted by molar-refractivity contribution is 7.92. The van der Waals surface area contributed by atoms with Crippen LogP contribution in [-0.2, 0) is 32.6 Å². The van der Waals surface area contributed by atoms with E-state index in [1.807, 2.05) is 61.5 Å². The second-order valence-electron chi connectivity index (χ2n) is 9.63. The summed E-state index contributed by atoms with van der Waals surface area (Å²) < 4.78 is 28.8. The summed E-state index contributed by atoms with van der Waals surface area (Å²) in [5, 5.41) is 3.12. The maximum Gasteiger partial charge on any atom is 0.264 e. The molecule has 0 aliphatic carbocycles. The molecule has 212 valence electrons. The Balaban J connectivity index is 1.78. The van der Waals surface area contributed by atoms with Crippen molar-refractivity contribution >= 4 is 39.1 Å². The van der Waals surface area contributed by atoms with E-state index in [4.69, 9.17) is 11.6 Å². The lowest BCUT2D eigenvalue weighted by Crippen LogP contribution is -2.53. The molecule has 0 aromatic heterocycles. The van der Waals surface area contributed by atoms with Crippen LogP contribution >= 0.6 is 11.6 Å². The average molecular weight is 590 g/mol. The molecule has 4 rings (SSSR count). The van der Waals surface area contributed by atoms with Gasteiger partial charge in [-0.3, -0.25) is 13.9 Å². The first-order valence-corrected chi connectivity index (χ1v) is 14.9. The summed E-state index contributed by atoms with van der Waals surface area (Å²) in [4.78, 5) is 29.0. The molecule has 4 aromatic carbocycles. The fourth-order valence-electron chi connectivity index (χ4n) is 4.58. The van der Waals surface area contributed by atoms with Gasteiger partial charge in [0.2, 0.25) is 11.8 Å². The number of likely N-dealkylation sites (N-methyl/N-ethyl adjacent to an activating group) is 1. The van der Waals surface area contributed by atoms with Gasteiger partial charge < -0.3 is 10.2 Å². The summed E-state index contributed by atoms with van der Waals surface area (Å²) in [6, 6.07) is 30.4. The van der Waals surface area contributed by atoms with Gasteiger partial charge in [0.15, 0.2) is 0 Å². The number of anilines is 1. The lowest BCUT2D eigenvalue weighted by molar-refractivity contribution is -0.139. The van der Waals surface area contributed by atoms with Gasteiger partial charge in [0.25, 0.3) is 10.0 Å². The van der Waals surface area contributed by atoms with Gasteiger partial charge in [0.05, 0.1) is 10.6 Å². The zero-order valence-electron chi connectivity index (χ0n) is 22.9. The number of hydrogen-bond acceptors (Lipinski definition) is 4.